The predicted octanol–water partition coefficient (Wildman–Crippen LogP) is 4.02. The van der Waals surface area contributed by atoms with Gasteiger partial charge in [0.15, 0.2) is 5.82 Å². The van der Waals surface area contributed by atoms with Gasteiger partial charge in [-0.1, -0.05) is 17.3 Å². The fourth-order valence-electron chi connectivity index (χ4n) is 3.69. The number of aliphatic hydroxyl groups excluding tert-OH is 1. The second-order valence-electron chi connectivity index (χ2n) is 7.20. The summed E-state index contributed by atoms with van der Waals surface area (Å²) in [5.74, 6) is -0.0659. The first-order chi connectivity index (χ1) is 15.4. The highest BCUT2D eigenvalue weighted by atomic mass is 16.5. The summed E-state index contributed by atoms with van der Waals surface area (Å²) in [6, 6.07) is 14.3. The minimum absolute atomic E-state index is 0.0481. The zero-order valence-corrected chi connectivity index (χ0v) is 17.9. The minimum atomic E-state index is -0.916. The van der Waals surface area contributed by atoms with Gasteiger partial charge in [-0.05, 0) is 55.8 Å². The van der Waals surface area contributed by atoms with E-state index in [1.807, 2.05) is 6.92 Å². The Morgan fingerprint density at radius 1 is 1.12 bits per heavy atom. The zero-order valence-electron chi connectivity index (χ0n) is 17.9. The molecule has 1 amide bonds. The molecular weight excluding hydrogens is 412 g/mol. The predicted molar refractivity (Wildman–Crippen MR) is 117 cm³/mol. The number of methoxy groups -OCH3 is 1. The second-order valence-corrected chi connectivity index (χ2v) is 7.20. The topological polar surface area (TPSA) is 102 Å². The van der Waals surface area contributed by atoms with Crippen molar-refractivity contribution < 1.29 is 28.7 Å². The van der Waals surface area contributed by atoms with Crippen LogP contribution in [0.15, 0.2) is 64.7 Å². The van der Waals surface area contributed by atoms with Crippen molar-refractivity contribution in [3.8, 4) is 11.5 Å². The lowest BCUT2D eigenvalue weighted by molar-refractivity contribution is -0.132. The van der Waals surface area contributed by atoms with Crippen molar-refractivity contribution in [3.05, 3.63) is 77.1 Å². The summed E-state index contributed by atoms with van der Waals surface area (Å²) in [7, 11) is 1.52. The van der Waals surface area contributed by atoms with Crippen LogP contribution in [0, 0.1) is 6.92 Å². The van der Waals surface area contributed by atoms with Crippen LogP contribution in [0.3, 0.4) is 0 Å². The van der Waals surface area contributed by atoms with Crippen molar-refractivity contribution in [3.63, 3.8) is 0 Å². The van der Waals surface area contributed by atoms with Crippen LogP contribution < -0.4 is 14.4 Å². The number of ether oxygens (including phenoxy) is 2. The van der Waals surface area contributed by atoms with E-state index in [-0.39, 0.29) is 17.2 Å². The molecule has 1 aromatic heterocycles. The minimum Gasteiger partial charge on any atom is -0.507 e. The number of amides is 1. The number of aryl methyl sites for hydroxylation is 1. The highest BCUT2D eigenvalue weighted by Crippen LogP contribution is 2.42. The van der Waals surface area contributed by atoms with Gasteiger partial charge in [-0.25, -0.2) is 0 Å². The lowest BCUT2D eigenvalue weighted by atomic mass is 9.95. The van der Waals surface area contributed by atoms with E-state index in [9.17, 15) is 14.7 Å². The molecule has 1 N–H and O–H groups in total. The summed E-state index contributed by atoms with van der Waals surface area (Å²) in [5, 5.41) is 15.0. The van der Waals surface area contributed by atoms with Gasteiger partial charge >= 0.3 is 5.91 Å². The number of ketones is 1. The highest BCUT2D eigenvalue weighted by molar-refractivity contribution is 6.51. The molecule has 0 aliphatic carbocycles. The first kappa shape index (κ1) is 21.2. The van der Waals surface area contributed by atoms with Crippen molar-refractivity contribution in [2.24, 2.45) is 0 Å². The zero-order chi connectivity index (χ0) is 22.8. The van der Waals surface area contributed by atoms with Gasteiger partial charge in [-0.3, -0.25) is 14.5 Å². The summed E-state index contributed by atoms with van der Waals surface area (Å²) >= 11 is 0. The third kappa shape index (κ3) is 3.71. The first-order valence-corrected chi connectivity index (χ1v) is 10.1. The van der Waals surface area contributed by atoms with Crippen LogP contribution in [0.4, 0.5) is 5.82 Å². The third-order valence-electron chi connectivity index (χ3n) is 5.16. The van der Waals surface area contributed by atoms with Gasteiger partial charge in [0.1, 0.15) is 23.0 Å². The number of aromatic nitrogens is 1. The Balaban J connectivity index is 1.89. The molecular formula is C24H22N2O6. The molecule has 3 aromatic rings. The second kappa shape index (κ2) is 8.58. The van der Waals surface area contributed by atoms with Crippen LogP contribution in [0.5, 0.6) is 11.5 Å². The van der Waals surface area contributed by atoms with Crippen LogP contribution in [0.1, 0.15) is 29.9 Å². The molecule has 1 atom stereocenters. The summed E-state index contributed by atoms with van der Waals surface area (Å²) in [6.07, 6.45) is 0. The molecule has 32 heavy (non-hydrogen) atoms. The Hall–Kier alpha value is -4.07. The molecule has 0 saturated carbocycles. The van der Waals surface area contributed by atoms with Gasteiger partial charge in [-0.15, -0.1) is 0 Å². The van der Waals surface area contributed by atoms with E-state index >= 15 is 0 Å². The number of Topliss-reactive ketones (excluding diaryl/α,β-unsaturated/α-hetero) is 1. The van der Waals surface area contributed by atoms with E-state index in [4.69, 9.17) is 14.0 Å². The number of benzene rings is 2. The Morgan fingerprint density at radius 2 is 1.88 bits per heavy atom. The fourth-order valence-corrected chi connectivity index (χ4v) is 3.69. The molecule has 2 heterocycles. The first-order valence-electron chi connectivity index (χ1n) is 10.1. The van der Waals surface area contributed by atoms with Crippen molar-refractivity contribution in [2.45, 2.75) is 19.9 Å². The summed E-state index contributed by atoms with van der Waals surface area (Å²) in [5.41, 5.74) is 0.917. The van der Waals surface area contributed by atoms with Gasteiger partial charge in [-0.2, -0.15) is 0 Å². The largest absolute Gasteiger partial charge is 0.507 e. The number of carbonyl (C=O) groups excluding carboxylic acids is 2. The van der Waals surface area contributed by atoms with Crippen LogP contribution in [0.25, 0.3) is 5.76 Å². The third-order valence-corrected chi connectivity index (χ3v) is 5.16. The molecule has 1 fully saturated rings. The Labute approximate surface area is 184 Å². The average Bonchev–Trinajstić information content (AvgIpc) is 3.34. The maximum atomic E-state index is 13.1. The summed E-state index contributed by atoms with van der Waals surface area (Å²) < 4.78 is 15.9. The van der Waals surface area contributed by atoms with E-state index in [0.29, 0.717) is 35.0 Å². The summed E-state index contributed by atoms with van der Waals surface area (Å²) in [6.45, 7) is 4.06. The van der Waals surface area contributed by atoms with Crippen LogP contribution in [-0.2, 0) is 9.59 Å². The van der Waals surface area contributed by atoms with E-state index in [1.165, 1.54) is 12.0 Å². The standard InChI is InChI=1S/C24H22N2O6/c1-4-31-17-10-8-15(9-11-17)22(27)20-21(16-6-5-7-18(13-16)30-3)26(24(29)23(20)28)19-12-14(2)32-25-19/h5-13,21,27H,4H2,1-3H3/t21-/m0/s1. The molecule has 1 aliphatic rings. The molecule has 0 spiro atoms. The van der Waals surface area contributed by atoms with E-state index in [0.717, 1.165) is 0 Å². The number of carbonyl (C=O) groups is 2. The van der Waals surface area contributed by atoms with E-state index in [2.05, 4.69) is 5.16 Å². The number of aliphatic hydroxyl groups is 1. The molecule has 8 nitrogen and oxygen atoms in total. The van der Waals surface area contributed by atoms with Gasteiger partial charge in [0.25, 0.3) is 5.78 Å². The quantitative estimate of drug-likeness (QED) is 0.355. The maximum Gasteiger partial charge on any atom is 0.301 e. The van der Waals surface area contributed by atoms with Gasteiger partial charge in [0, 0.05) is 11.6 Å². The Bertz CT molecular complexity index is 1200. The fraction of sp³-hybridized carbons (Fsp3) is 0.208. The normalized spacial score (nSPS) is 17.6. The molecule has 4 rings (SSSR count). The van der Waals surface area contributed by atoms with Crippen molar-refractivity contribution in [1.82, 2.24) is 5.16 Å². The number of hydrogen-bond acceptors (Lipinski definition) is 7. The molecule has 0 unspecified atom stereocenters. The highest BCUT2D eigenvalue weighted by Gasteiger charge is 2.48. The molecule has 164 valence electrons. The molecule has 2 aromatic carbocycles. The van der Waals surface area contributed by atoms with Gasteiger partial charge < -0.3 is 19.1 Å². The number of anilines is 1. The number of rotatable bonds is 6. The molecule has 1 aliphatic heterocycles. The SMILES string of the molecule is CCOc1ccc(C(O)=C2C(=O)C(=O)N(c3cc(C)on3)[C@H]2c2cccc(OC)c2)cc1. The van der Waals surface area contributed by atoms with Crippen LogP contribution in [0.2, 0.25) is 0 Å². The number of hydrogen-bond donors (Lipinski definition) is 1. The van der Waals surface area contributed by atoms with Crippen LogP contribution in [-0.4, -0.2) is 35.7 Å². The maximum absolute atomic E-state index is 13.1. The van der Waals surface area contributed by atoms with Gasteiger partial charge in [0.05, 0.1) is 25.3 Å². The number of nitrogens with zero attached hydrogens (tertiary/aromatic N) is 2. The lowest BCUT2D eigenvalue weighted by Gasteiger charge is -2.23. The van der Waals surface area contributed by atoms with Gasteiger partial charge in [0.2, 0.25) is 0 Å². The van der Waals surface area contributed by atoms with Crippen molar-refractivity contribution in [1.29, 1.82) is 0 Å². The van der Waals surface area contributed by atoms with Crippen molar-refractivity contribution in [2.75, 3.05) is 18.6 Å². The molecule has 1 saturated heterocycles. The average molecular weight is 434 g/mol. The van der Waals surface area contributed by atoms with E-state index < -0.39 is 17.7 Å². The van der Waals surface area contributed by atoms with Crippen LogP contribution >= 0.6 is 0 Å². The Kier molecular flexibility index (Phi) is 5.68. The smallest absolute Gasteiger partial charge is 0.301 e. The molecule has 8 heteroatoms. The monoisotopic (exact) mass is 434 g/mol. The lowest BCUT2D eigenvalue weighted by Crippen LogP contribution is -2.29. The summed E-state index contributed by atoms with van der Waals surface area (Å²) in [4.78, 5) is 27.4. The molecule has 0 bridgehead atoms. The van der Waals surface area contributed by atoms with E-state index in [1.54, 1.807) is 61.5 Å². The van der Waals surface area contributed by atoms with Crippen molar-refractivity contribution >= 4 is 23.3 Å². The molecule has 0 radical (unpaired) electrons. The Morgan fingerprint density at radius 3 is 2.50 bits per heavy atom.